The van der Waals surface area contributed by atoms with Crippen molar-refractivity contribution in [3.8, 4) is 0 Å². The summed E-state index contributed by atoms with van der Waals surface area (Å²) < 4.78 is 17.0. The molecule has 0 bridgehead atoms. The van der Waals surface area contributed by atoms with Gasteiger partial charge >= 0.3 is 0 Å². The Hall–Kier alpha value is -3.48. The summed E-state index contributed by atoms with van der Waals surface area (Å²) >= 11 is 0. The number of aromatic nitrogens is 3. The molecule has 4 rings (SSSR count). The number of nitrogens with zero attached hydrogens (tertiary/aromatic N) is 3. The Kier molecular flexibility index (Phi) is 4.43. The number of benzene rings is 2. The second-order valence-electron chi connectivity index (χ2n) is 6.76. The smallest absolute Gasteiger partial charge is 0.273 e. The molecule has 0 aliphatic carbocycles. The van der Waals surface area contributed by atoms with Crippen LogP contribution in [-0.4, -0.2) is 20.1 Å². The Morgan fingerprint density at radius 3 is 2.75 bits per heavy atom. The lowest BCUT2D eigenvalue weighted by atomic mass is 10.2. The van der Waals surface area contributed by atoms with E-state index in [0.717, 1.165) is 10.9 Å². The average Bonchev–Trinajstić information content (AvgIpc) is 3.00. The van der Waals surface area contributed by atoms with E-state index in [1.165, 1.54) is 18.2 Å². The first-order valence-electron chi connectivity index (χ1n) is 8.97. The van der Waals surface area contributed by atoms with Crippen LogP contribution in [0.2, 0.25) is 0 Å². The second-order valence-corrected chi connectivity index (χ2v) is 6.76. The van der Waals surface area contributed by atoms with E-state index in [9.17, 15) is 14.0 Å². The lowest BCUT2D eigenvalue weighted by molar-refractivity contribution is -0.124. The third-order valence-electron chi connectivity index (χ3n) is 4.79. The van der Waals surface area contributed by atoms with Gasteiger partial charge in [-0.2, -0.15) is 4.98 Å². The van der Waals surface area contributed by atoms with Crippen molar-refractivity contribution >= 4 is 22.5 Å². The van der Waals surface area contributed by atoms with Gasteiger partial charge in [0.1, 0.15) is 11.9 Å². The number of fused-ring (bicyclic) bond motifs is 3. The van der Waals surface area contributed by atoms with E-state index in [2.05, 4.69) is 10.3 Å². The molecule has 2 heterocycles. The molecular formula is C21H19FN4O2. The molecule has 0 aliphatic heterocycles. The van der Waals surface area contributed by atoms with E-state index in [0.29, 0.717) is 16.9 Å². The largest absolute Gasteiger partial charge is 0.350 e. The first-order valence-corrected chi connectivity index (χ1v) is 8.97. The van der Waals surface area contributed by atoms with Gasteiger partial charge < -0.3 is 5.32 Å². The van der Waals surface area contributed by atoms with Crippen LogP contribution in [0.25, 0.3) is 16.6 Å². The molecule has 0 spiro atoms. The fourth-order valence-electron chi connectivity index (χ4n) is 3.48. The topological polar surface area (TPSA) is 68.4 Å². The SMILES string of the molecule is Cc1cc(=O)nc2c3ccccc3n([C@@H](C)C(=O)NCc3cccc(F)c3)n12. The Morgan fingerprint density at radius 1 is 1.18 bits per heavy atom. The van der Waals surface area contributed by atoms with Crippen LogP contribution >= 0.6 is 0 Å². The fourth-order valence-corrected chi connectivity index (χ4v) is 3.48. The number of carbonyl (C=O) groups excluding carboxylic acids is 1. The number of halogens is 1. The maximum absolute atomic E-state index is 13.3. The quantitative estimate of drug-likeness (QED) is 0.594. The summed E-state index contributed by atoms with van der Waals surface area (Å²) in [4.78, 5) is 28.9. The van der Waals surface area contributed by atoms with Gasteiger partial charge in [-0.15, -0.1) is 0 Å². The molecule has 0 unspecified atom stereocenters. The van der Waals surface area contributed by atoms with Gasteiger partial charge in [-0.25, -0.2) is 8.91 Å². The monoisotopic (exact) mass is 378 g/mol. The minimum atomic E-state index is -0.570. The molecule has 2 aromatic heterocycles. The molecule has 2 aromatic carbocycles. The average molecular weight is 378 g/mol. The molecule has 0 saturated carbocycles. The van der Waals surface area contributed by atoms with Gasteiger partial charge in [0, 0.05) is 23.7 Å². The predicted molar refractivity (Wildman–Crippen MR) is 105 cm³/mol. The molecule has 0 saturated heterocycles. The van der Waals surface area contributed by atoms with Crippen molar-refractivity contribution in [2.24, 2.45) is 0 Å². The number of rotatable bonds is 4. The normalized spacial score (nSPS) is 12.4. The van der Waals surface area contributed by atoms with E-state index >= 15 is 0 Å². The molecule has 0 fully saturated rings. The van der Waals surface area contributed by atoms with Crippen molar-refractivity contribution < 1.29 is 9.18 Å². The van der Waals surface area contributed by atoms with Gasteiger partial charge in [-0.1, -0.05) is 24.3 Å². The summed E-state index contributed by atoms with van der Waals surface area (Å²) in [5.74, 6) is -0.558. The molecule has 28 heavy (non-hydrogen) atoms. The van der Waals surface area contributed by atoms with E-state index in [4.69, 9.17) is 0 Å². The Bertz CT molecular complexity index is 1260. The van der Waals surface area contributed by atoms with Crippen molar-refractivity contribution in [3.63, 3.8) is 0 Å². The summed E-state index contributed by atoms with van der Waals surface area (Å²) in [6.45, 7) is 3.82. The highest BCUT2D eigenvalue weighted by Gasteiger charge is 2.22. The molecule has 6 nitrogen and oxygen atoms in total. The summed E-state index contributed by atoms with van der Waals surface area (Å²) in [5.41, 5.74) is 2.38. The lowest BCUT2D eigenvalue weighted by Gasteiger charge is -2.18. The summed E-state index contributed by atoms with van der Waals surface area (Å²) in [5, 5.41) is 3.65. The van der Waals surface area contributed by atoms with Crippen LogP contribution < -0.4 is 10.9 Å². The number of carbonyl (C=O) groups is 1. The summed E-state index contributed by atoms with van der Waals surface area (Å²) in [7, 11) is 0. The van der Waals surface area contributed by atoms with Crippen LogP contribution in [0.3, 0.4) is 0 Å². The molecule has 7 heteroatoms. The van der Waals surface area contributed by atoms with Crippen LogP contribution in [0.5, 0.6) is 0 Å². The molecule has 1 amide bonds. The number of hydrogen-bond acceptors (Lipinski definition) is 3. The first kappa shape index (κ1) is 17.9. The molecule has 4 aromatic rings. The van der Waals surface area contributed by atoms with Gasteiger partial charge in [0.2, 0.25) is 5.91 Å². The number of amides is 1. The molecule has 1 atom stereocenters. The Balaban J connectivity index is 1.74. The summed E-state index contributed by atoms with van der Waals surface area (Å²) in [6, 6.07) is 14.5. The van der Waals surface area contributed by atoms with Crippen molar-refractivity contribution in [1.29, 1.82) is 0 Å². The zero-order chi connectivity index (χ0) is 19.8. The molecular weight excluding hydrogens is 359 g/mol. The molecule has 142 valence electrons. The van der Waals surface area contributed by atoms with E-state index in [1.807, 2.05) is 35.9 Å². The van der Waals surface area contributed by atoms with Gasteiger partial charge in [0.25, 0.3) is 5.56 Å². The van der Waals surface area contributed by atoms with Crippen LogP contribution in [0.4, 0.5) is 4.39 Å². The second kappa shape index (κ2) is 6.92. The number of hydrogen-bond donors (Lipinski definition) is 1. The highest BCUT2D eigenvalue weighted by molar-refractivity contribution is 5.94. The van der Waals surface area contributed by atoms with Gasteiger partial charge in [-0.05, 0) is 43.7 Å². The van der Waals surface area contributed by atoms with Crippen LogP contribution in [0.1, 0.15) is 24.2 Å². The van der Waals surface area contributed by atoms with Gasteiger partial charge in [0.15, 0.2) is 5.65 Å². The minimum absolute atomic E-state index is 0.218. The van der Waals surface area contributed by atoms with Crippen LogP contribution in [-0.2, 0) is 11.3 Å². The number of aryl methyl sites for hydroxylation is 1. The van der Waals surface area contributed by atoms with E-state index in [1.54, 1.807) is 23.6 Å². The van der Waals surface area contributed by atoms with Crippen molar-refractivity contribution in [2.45, 2.75) is 26.4 Å². The molecule has 0 radical (unpaired) electrons. The maximum atomic E-state index is 13.3. The van der Waals surface area contributed by atoms with Crippen LogP contribution in [0.15, 0.2) is 59.4 Å². The number of para-hydroxylation sites is 1. The van der Waals surface area contributed by atoms with Gasteiger partial charge in [0.05, 0.1) is 5.52 Å². The minimum Gasteiger partial charge on any atom is -0.350 e. The van der Waals surface area contributed by atoms with Crippen molar-refractivity contribution in [2.75, 3.05) is 0 Å². The zero-order valence-electron chi connectivity index (χ0n) is 15.5. The van der Waals surface area contributed by atoms with Crippen molar-refractivity contribution in [3.05, 3.63) is 82.0 Å². The lowest BCUT2D eigenvalue weighted by Crippen LogP contribution is -2.32. The molecule has 0 aliphatic rings. The third kappa shape index (κ3) is 3.05. The van der Waals surface area contributed by atoms with E-state index in [-0.39, 0.29) is 23.8 Å². The Morgan fingerprint density at radius 2 is 1.96 bits per heavy atom. The highest BCUT2D eigenvalue weighted by atomic mass is 19.1. The fraction of sp³-hybridized carbons (Fsp3) is 0.190. The summed E-state index contributed by atoms with van der Waals surface area (Å²) in [6.07, 6.45) is 0. The highest BCUT2D eigenvalue weighted by Crippen LogP contribution is 2.25. The first-order chi connectivity index (χ1) is 13.5. The third-order valence-corrected chi connectivity index (χ3v) is 4.79. The van der Waals surface area contributed by atoms with E-state index < -0.39 is 6.04 Å². The zero-order valence-corrected chi connectivity index (χ0v) is 15.5. The number of nitrogens with one attached hydrogen (secondary N) is 1. The van der Waals surface area contributed by atoms with Crippen molar-refractivity contribution in [1.82, 2.24) is 19.5 Å². The standard InChI is InChI=1S/C21H19FN4O2/c1-13-10-19(27)24-20-17-8-3-4-9-18(17)26(25(13)20)14(2)21(28)23-12-15-6-5-7-16(22)11-15/h3-11,14H,12H2,1-2H3,(H,23,28)/t14-/m0/s1. The van der Waals surface area contributed by atoms with Crippen LogP contribution in [0, 0.1) is 12.7 Å². The maximum Gasteiger partial charge on any atom is 0.273 e. The Labute approximate surface area is 160 Å². The van der Waals surface area contributed by atoms with Gasteiger partial charge in [-0.3, -0.25) is 14.3 Å². The predicted octanol–water partition coefficient (Wildman–Crippen LogP) is 2.97. The molecule has 1 N–H and O–H groups in total.